The summed E-state index contributed by atoms with van der Waals surface area (Å²) in [5.41, 5.74) is 1.11. The maximum absolute atomic E-state index is 12.9. The van der Waals surface area contributed by atoms with E-state index in [2.05, 4.69) is 0 Å². The van der Waals surface area contributed by atoms with E-state index in [0.29, 0.717) is 36.0 Å². The van der Waals surface area contributed by atoms with Gasteiger partial charge >= 0.3 is 5.97 Å². The molecule has 1 N–H and O–H groups in total. The van der Waals surface area contributed by atoms with E-state index >= 15 is 0 Å². The van der Waals surface area contributed by atoms with Crippen LogP contribution < -0.4 is 9.47 Å². The summed E-state index contributed by atoms with van der Waals surface area (Å²) in [6.45, 7) is -0.484. The Kier molecular flexibility index (Phi) is 7.21. The van der Waals surface area contributed by atoms with Gasteiger partial charge in [0.25, 0.3) is 5.91 Å². The Balaban J connectivity index is 1.57. The van der Waals surface area contributed by atoms with Gasteiger partial charge in [0.1, 0.15) is 11.5 Å². The highest BCUT2D eigenvalue weighted by Gasteiger charge is 2.23. The Bertz CT molecular complexity index is 882. The molecule has 1 atom stereocenters. The molecule has 6 heteroatoms. The van der Waals surface area contributed by atoms with Gasteiger partial charge in [0.2, 0.25) is 0 Å². The van der Waals surface area contributed by atoms with E-state index in [1.54, 1.807) is 43.4 Å². The molecule has 1 aliphatic carbocycles. The molecule has 1 unspecified atom stereocenters. The smallest absolute Gasteiger partial charge is 0.303 e. The molecule has 0 radical (unpaired) electrons. The van der Waals surface area contributed by atoms with Gasteiger partial charge in [0.15, 0.2) is 0 Å². The minimum absolute atomic E-state index is 0.159. The molecule has 0 spiro atoms. The van der Waals surface area contributed by atoms with Gasteiger partial charge in [0.05, 0.1) is 14.1 Å². The van der Waals surface area contributed by atoms with Crippen molar-refractivity contribution in [3.05, 3.63) is 59.7 Å². The van der Waals surface area contributed by atoms with Crippen LogP contribution in [0.4, 0.5) is 0 Å². The van der Waals surface area contributed by atoms with Crippen LogP contribution in [0.3, 0.4) is 0 Å². The SMILES string of the molecule is [2H]C(c1ccccc1OCCCCCC(=O)O)N(C)C(=O)c1ccc(OC2CC2)cc1. The van der Waals surface area contributed by atoms with Gasteiger partial charge in [-0.1, -0.05) is 18.2 Å². The summed E-state index contributed by atoms with van der Waals surface area (Å²) in [6.07, 6.45) is 4.72. The zero-order valence-electron chi connectivity index (χ0n) is 18.3. The van der Waals surface area contributed by atoms with E-state index < -0.39 is 12.5 Å². The molecule has 2 aromatic rings. The number of benzene rings is 2. The average molecular weight is 413 g/mol. The van der Waals surface area contributed by atoms with Crippen LogP contribution in [0.15, 0.2) is 48.5 Å². The Labute approximate surface area is 178 Å². The molecule has 30 heavy (non-hydrogen) atoms. The zero-order valence-corrected chi connectivity index (χ0v) is 17.3. The van der Waals surface area contributed by atoms with Crippen molar-refractivity contribution in [2.45, 2.75) is 51.1 Å². The average Bonchev–Trinajstić information content (AvgIpc) is 3.59. The number of para-hydroxylation sites is 1. The number of carboxylic acid groups (broad SMARTS) is 1. The maximum atomic E-state index is 12.9. The van der Waals surface area contributed by atoms with Crippen LogP contribution in [0, 0.1) is 0 Å². The van der Waals surface area contributed by atoms with E-state index in [9.17, 15) is 9.59 Å². The number of amides is 1. The second kappa shape index (κ2) is 10.7. The number of carbonyl (C=O) groups is 2. The van der Waals surface area contributed by atoms with Crippen LogP contribution in [0.2, 0.25) is 0 Å². The molecule has 0 aliphatic heterocycles. The number of nitrogens with zero attached hydrogens (tertiary/aromatic N) is 1. The molecule has 0 bridgehead atoms. The van der Waals surface area contributed by atoms with Crippen molar-refractivity contribution < 1.29 is 25.5 Å². The number of carbonyl (C=O) groups excluding carboxylic acids is 1. The number of unbranched alkanes of at least 4 members (excludes halogenated alkanes) is 2. The van der Waals surface area contributed by atoms with Crippen LogP contribution >= 0.6 is 0 Å². The first-order chi connectivity index (χ1) is 15.0. The van der Waals surface area contributed by atoms with Crippen LogP contribution in [-0.2, 0) is 11.3 Å². The Morgan fingerprint density at radius 1 is 1.10 bits per heavy atom. The molecule has 1 aliphatic rings. The highest BCUT2D eigenvalue weighted by atomic mass is 16.5. The van der Waals surface area contributed by atoms with Gasteiger partial charge in [0, 0.05) is 31.1 Å². The van der Waals surface area contributed by atoms with E-state index in [4.69, 9.17) is 16.0 Å². The predicted octanol–water partition coefficient (Wildman–Crippen LogP) is 4.52. The van der Waals surface area contributed by atoms with E-state index in [1.165, 1.54) is 4.90 Å². The quantitative estimate of drug-likeness (QED) is 0.519. The van der Waals surface area contributed by atoms with Crippen molar-refractivity contribution in [2.75, 3.05) is 13.7 Å². The minimum atomic E-state index is -0.918. The number of hydrogen-bond donors (Lipinski definition) is 1. The van der Waals surface area contributed by atoms with Gasteiger partial charge in [-0.05, 0) is 62.4 Å². The monoisotopic (exact) mass is 412 g/mol. The lowest BCUT2D eigenvalue weighted by Crippen LogP contribution is -2.26. The third-order valence-corrected chi connectivity index (χ3v) is 4.79. The molecule has 1 saturated carbocycles. The van der Waals surface area contributed by atoms with Crippen molar-refractivity contribution in [1.82, 2.24) is 4.90 Å². The fourth-order valence-electron chi connectivity index (χ4n) is 2.98. The highest BCUT2D eigenvalue weighted by molar-refractivity contribution is 5.94. The molecule has 0 aromatic heterocycles. The molecule has 6 nitrogen and oxygen atoms in total. The van der Waals surface area contributed by atoms with Crippen molar-refractivity contribution >= 4 is 11.9 Å². The van der Waals surface area contributed by atoms with E-state index in [1.807, 2.05) is 12.1 Å². The van der Waals surface area contributed by atoms with Crippen LogP contribution in [0.25, 0.3) is 0 Å². The summed E-state index contributed by atoms with van der Waals surface area (Å²) < 4.78 is 20.2. The molecule has 0 saturated heterocycles. The van der Waals surface area contributed by atoms with Crippen molar-refractivity contribution in [2.24, 2.45) is 0 Å². The van der Waals surface area contributed by atoms with Crippen LogP contribution in [0.5, 0.6) is 11.5 Å². The molecule has 3 rings (SSSR count). The first kappa shape index (κ1) is 20.3. The zero-order chi connectivity index (χ0) is 22.2. The number of hydrogen-bond acceptors (Lipinski definition) is 4. The molecule has 2 aromatic carbocycles. The molecule has 160 valence electrons. The lowest BCUT2D eigenvalue weighted by atomic mass is 10.1. The Morgan fingerprint density at radius 2 is 1.83 bits per heavy atom. The lowest BCUT2D eigenvalue weighted by molar-refractivity contribution is -0.137. The second-order valence-corrected chi connectivity index (χ2v) is 7.48. The summed E-state index contributed by atoms with van der Waals surface area (Å²) in [7, 11) is 1.61. The van der Waals surface area contributed by atoms with E-state index in [0.717, 1.165) is 31.4 Å². The van der Waals surface area contributed by atoms with Gasteiger partial charge < -0.3 is 19.5 Å². The van der Waals surface area contributed by atoms with Crippen molar-refractivity contribution in [3.8, 4) is 11.5 Å². The topological polar surface area (TPSA) is 76.1 Å². The molecular formula is C24H29NO5. The van der Waals surface area contributed by atoms with Crippen LogP contribution in [-0.4, -0.2) is 41.6 Å². The summed E-state index contributed by atoms with van der Waals surface area (Å²) in [4.78, 5) is 24.8. The summed E-state index contributed by atoms with van der Waals surface area (Å²) in [5, 5.41) is 8.68. The largest absolute Gasteiger partial charge is 0.493 e. The maximum Gasteiger partial charge on any atom is 0.303 e. The third kappa shape index (κ3) is 6.79. The van der Waals surface area contributed by atoms with Crippen molar-refractivity contribution in [1.29, 1.82) is 0 Å². The molecule has 0 heterocycles. The second-order valence-electron chi connectivity index (χ2n) is 7.48. The summed E-state index contributed by atoms with van der Waals surface area (Å²) in [5.74, 6) is 0.280. The Morgan fingerprint density at radius 3 is 2.53 bits per heavy atom. The molecule has 1 fully saturated rings. The predicted molar refractivity (Wildman–Crippen MR) is 114 cm³/mol. The number of rotatable bonds is 12. The first-order valence-electron chi connectivity index (χ1n) is 10.9. The van der Waals surface area contributed by atoms with Gasteiger partial charge in [-0.3, -0.25) is 9.59 Å². The number of aliphatic carboxylic acids is 1. The highest BCUT2D eigenvalue weighted by Crippen LogP contribution is 2.27. The van der Waals surface area contributed by atoms with Crippen molar-refractivity contribution in [3.63, 3.8) is 0 Å². The number of carboxylic acids is 1. The van der Waals surface area contributed by atoms with Gasteiger partial charge in [-0.15, -0.1) is 0 Å². The third-order valence-electron chi connectivity index (χ3n) is 4.79. The fraction of sp³-hybridized carbons (Fsp3) is 0.417. The Hall–Kier alpha value is -3.02. The summed E-state index contributed by atoms with van der Waals surface area (Å²) in [6, 6.07) is 14.3. The minimum Gasteiger partial charge on any atom is -0.493 e. The lowest BCUT2D eigenvalue weighted by Gasteiger charge is -2.20. The molecular weight excluding hydrogens is 382 g/mol. The molecule has 1 amide bonds. The summed E-state index contributed by atoms with van der Waals surface area (Å²) >= 11 is 0. The standard InChI is InChI=1S/C24H29NO5/c1-25(24(28)18-10-12-20(13-11-18)30-21-14-15-21)17-19-7-4-5-8-22(19)29-16-6-2-3-9-23(26)27/h4-5,7-8,10-13,21H,2-3,6,9,14-17H2,1H3,(H,26,27)/i17D. The van der Waals surface area contributed by atoms with E-state index in [-0.39, 0.29) is 12.3 Å². The van der Waals surface area contributed by atoms with Gasteiger partial charge in [-0.25, -0.2) is 0 Å². The van der Waals surface area contributed by atoms with Gasteiger partial charge in [-0.2, -0.15) is 0 Å². The van der Waals surface area contributed by atoms with Crippen LogP contribution in [0.1, 0.15) is 55.8 Å². The normalized spacial score (nSPS) is 14.5. The first-order valence-corrected chi connectivity index (χ1v) is 10.4. The fourth-order valence-corrected chi connectivity index (χ4v) is 2.98. The number of ether oxygens (including phenoxy) is 2.